The zero-order valence-electron chi connectivity index (χ0n) is 14.5. The highest BCUT2D eigenvalue weighted by Crippen LogP contribution is 2.13. The number of benzene rings is 2. The Balaban J connectivity index is 1.64. The predicted molar refractivity (Wildman–Crippen MR) is 102 cm³/mol. The van der Waals surface area contributed by atoms with Crippen LogP contribution in [0.2, 0.25) is 0 Å². The van der Waals surface area contributed by atoms with E-state index in [9.17, 15) is 4.79 Å². The minimum absolute atomic E-state index is 0.0150. The number of amides is 1. The van der Waals surface area contributed by atoms with Gasteiger partial charge in [0.05, 0.1) is 11.8 Å². The van der Waals surface area contributed by atoms with Gasteiger partial charge in [-0.15, -0.1) is 11.8 Å². The Bertz CT molecular complexity index is 638. The molecule has 0 radical (unpaired) electrons. The van der Waals surface area contributed by atoms with Gasteiger partial charge in [-0.05, 0) is 38.5 Å². The van der Waals surface area contributed by atoms with Crippen molar-refractivity contribution in [1.82, 2.24) is 5.32 Å². The van der Waals surface area contributed by atoms with Gasteiger partial charge in [-0.2, -0.15) is 0 Å². The highest BCUT2D eigenvalue weighted by Gasteiger charge is 2.08. The second kappa shape index (κ2) is 9.38. The molecule has 2 rings (SSSR count). The maximum absolute atomic E-state index is 12.0. The van der Waals surface area contributed by atoms with Crippen LogP contribution < -0.4 is 10.1 Å². The lowest BCUT2D eigenvalue weighted by Crippen LogP contribution is -2.37. The SMILES string of the molecule is Cc1ccc(CSCC(=O)NC(C)COc2ccc(C)cc2)cc1. The first-order chi connectivity index (χ1) is 11.5. The van der Waals surface area contributed by atoms with Gasteiger partial charge in [0.25, 0.3) is 0 Å². The first-order valence-electron chi connectivity index (χ1n) is 8.15. The molecule has 3 nitrogen and oxygen atoms in total. The number of hydrogen-bond acceptors (Lipinski definition) is 3. The molecule has 0 spiro atoms. The van der Waals surface area contributed by atoms with Crippen LogP contribution in [0.3, 0.4) is 0 Å². The molecule has 0 heterocycles. The Labute approximate surface area is 148 Å². The van der Waals surface area contributed by atoms with Gasteiger partial charge in [-0.3, -0.25) is 4.79 Å². The van der Waals surface area contributed by atoms with Gasteiger partial charge in [0, 0.05) is 5.75 Å². The van der Waals surface area contributed by atoms with Crippen molar-refractivity contribution in [3.63, 3.8) is 0 Å². The third-order valence-electron chi connectivity index (χ3n) is 3.55. The van der Waals surface area contributed by atoms with E-state index >= 15 is 0 Å². The molecule has 0 aliphatic heterocycles. The average molecular weight is 343 g/mol. The first kappa shape index (κ1) is 18.4. The standard InChI is InChI=1S/C20H25NO2S/c1-15-4-8-18(9-5-15)13-24-14-20(22)21-17(3)12-23-19-10-6-16(2)7-11-19/h4-11,17H,12-14H2,1-3H3,(H,21,22). The van der Waals surface area contributed by atoms with Gasteiger partial charge >= 0.3 is 0 Å². The maximum Gasteiger partial charge on any atom is 0.230 e. The summed E-state index contributed by atoms with van der Waals surface area (Å²) in [4.78, 5) is 12.0. The van der Waals surface area contributed by atoms with Gasteiger partial charge in [0.1, 0.15) is 12.4 Å². The molecule has 2 aromatic rings. The number of carbonyl (C=O) groups is 1. The topological polar surface area (TPSA) is 38.3 Å². The van der Waals surface area contributed by atoms with Crippen molar-refractivity contribution in [2.45, 2.75) is 32.6 Å². The Morgan fingerprint density at radius 1 is 1.04 bits per heavy atom. The second-order valence-corrected chi connectivity index (χ2v) is 7.06. The lowest BCUT2D eigenvalue weighted by atomic mass is 10.2. The van der Waals surface area contributed by atoms with Crippen molar-refractivity contribution < 1.29 is 9.53 Å². The fourth-order valence-electron chi connectivity index (χ4n) is 2.16. The second-order valence-electron chi connectivity index (χ2n) is 6.07. The van der Waals surface area contributed by atoms with Gasteiger partial charge in [0.15, 0.2) is 0 Å². The van der Waals surface area contributed by atoms with Crippen molar-refractivity contribution in [1.29, 1.82) is 0 Å². The molecule has 0 fully saturated rings. The van der Waals surface area contributed by atoms with Crippen LogP contribution in [-0.2, 0) is 10.5 Å². The quantitative estimate of drug-likeness (QED) is 0.783. The monoisotopic (exact) mass is 343 g/mol. The minimum atomic E-state index is -0.0150. The summed E-state index contributed by atoms with van der Waals surface area (Å²) >= 11 is 1.63. The van der Waals surface area contributed by atoms with Crippen LogP contribution in [0, 0.1) is 13.8 Å². The third kappa shape index (κ3) is 6.67. The Morgan fingerprint density at radius 2 is 1.62 bits per heavy atom. The number of aryl methyl sites for hydroxylation is 2. The maximum atomic E-state index is 12.0. The molecule has 2 aromatic carbocycles. The fourth-order valence-corrected chi connectivity index (χ4v) is 2.96. The summed E-state index contributed by atoms with van der Waals surface area (Å²) in [5.74, 6) is 2.19. The van der Waals surface area contributed by atoms with E-state index in [4.69, 9.17) is 4.74 Å². The summed E-state index contributed by atoms with van der Waals surface area (Å²) in [5, 5.41) is 2.97. The molecule has 1 amide bonds. The summed E-state index contributed by atoms with van der Waals surface area (Å²) in [6.45, 7) is 6.54. The number of ether oxygens (including phenoxy) is 1. The van der Waals surface area contributed by atoms with E-state index in [0.29, 0.717) is 12.4 Å². The molecule has 1 N–H and O–H groups in total. The van der Waals surface area contributed by atoms with Crippen LogP contribution in [0.15, 0.2) is 48.5 Å². The molecule has 1 atom stereocenters. The zero-order valence-corrected chi connectivity index (χ0v) is 15.4. The Morgan fingerprint density at radius 3 is 2.25 bits per heavy atom. The summed E-state index contributed by atoms with van der Waals surface area (Å²) in [5.41, 5.74) is 3.70. The molecule has 0 aliphatic carbocycles. The van der Waals surface area contributed by atoms with Crippen LogP contribution in [0.25, 0.3) is 0 Å². The highest BCUT2D eigenvalue weighted by molar-refractivity contribution is 7.99. The summed E-state index contributed by atoms with van der Waals surface area (Å²) in [6, 6.07) is 16.3. The summed E-state index contributed by atoms with van der Waals surface area (Å²) in [7, 11) is 0. The fraction of sp³-hybridized carbons (Fsp3) is 0.350. The largest absolute Gasteiger partial charge is 0.491 e. The van der Waals surface area contributed by atoms with Crippen molar-refractivity contribution in [2.24, 2.45) is 0 Å². The number of hydrogen-bond donors (Lipinski definition) is 1. The normalized spacial score (nSPS) is 11.8. The number of rotatable bonds is 8. The Kier molecular flexibility index (Phi) is 7.19. The minimum Gasteiger partial charge on any atom is -0.491 e. The van der Waals surface area contributed by atoms with Gasteiger partial charge < -0.3 is 10.1 Å². The highest BCUT2D eigenvalue weighted by atomic mass is 32.2. The van der Waals surface area contributed by atoms with E-state index in [-0.39, 0.29) is 11.9 Å². The first-order valence-corrected chi connectivity index (χ1v) is 9.30. The van der Waals surface area contributed by atoms with Gasteiger partial charge in [-0.1, -0.05) is 47.5 Å². The Hall–Kier alpha value is -1.94. The van der Waals surface area contributed by atoms with E-state index in [2.05, 4.69) is 36.5 Å². The molecule has 128 valence electrons. The van der Waals surface area contributed by atoms with Crippen LogP contribution in [0.5, 0.6) is 5.75 Å². The van der Waals surface area contributed by atoms with E-state index < -0.39 is 0 Å². The number of nitrogens with one attached hydrogen (secondary N) is 1. The molecule has 24 heavy (non-hydrogen) atoms. The summed E-state index contributed by atoms with van der Waals surface area (Å²) < 4.78 is 5.69. The molecular weight excluding hydrogens is 318 g/mol. The number of carbonyl (C=O) groups excluding carboxylic acids is 1. The number of thioether (sulfide) groups is 1. The average Bonchev–Trinajstić information content (AvgIpc) is 2.56. The zero-order chi connectivity index (χ0) is 17.4. The third-order valence-corrected chi connectivity index (χ3v) is 4.55. The molecule has 0 saturated heterocycles. The molecule has 0 aliphatic rings. The van der Waals surface area contributed by atoms with Gasteiger partial charge in [0.2, 0.25) is 5.91 Å². The summed E-state index contributed by atoms with van der Waals surface area (Å²) in [6.07, 6.45) is 0. The van der Waals surface area contributed by atoms with Crippen molar-refractivity contribution in [3.8, 4) is 5.75 Å². The van der Waals surface area contributed by atoms with Crippen LogP contribution in [-0.4, -0.2) is 24.3 Å². The van der Waals surface area contributed by atoms with E-state index in [1.807, 2.05) is 38.1 Å². The molecular formula is C20H25NO2S. The van der Waals surface area contributed by atoms with E-state index in [1.165, 1.54) is 16.7 Å². The molecule has 0 saturated carbocycles. The van der Waals surface area contributed by atoms with Crippen molar-refractivity contribution >= 4 is 17.7 Å². The molecule has 0 aromatic heterocycles. The van der Waals surface area contributed by atoms with Crippen LogP contribution in [0.1, 0.15) is 23.6 Å². The molecule has 4 heteroatoms. The van der Waals surface area contributed by atoms with Gasteiger partial charge in [-0.25, -0.2) is 0 Å². The van der Waals surface area contributed by atoms with E-state index in [1.54, 1.807) is 11.8 Å². The van der Waals surface area contributed by atoms with Crippen molar-refractivity contribution in [3.05, 3.63) is 65.2 Å². The van der Waals surface area contributed by atoms with Crippen LogP contribution >= 0.6 is 11.8 Å². The lowest BCUT2D eigenvalue weighted by molar-refractivity contribution is -0.119. The molecule has 0 bridgehead atoms. The van der Waals surface area contributed by atoms with Crippen molar-refractivity contribution in [2.75, 3.05) is 12.4 Å². The lowest BCUT2D eigenvalue weighted by Gasteiger charge is -2.15. The van der Waals surface area contributed by atoms with Crippen LogP contribution in [0.4, 0.5) is 0 Å². The molecule has 1 unspecified atom stereocenters. The smallest absolute Gasteiger partial charge is 0.230 e. The van der Waals surface area contributed by atoms with E-state index in [0.717, 1.165) is 11.5 Å². The predicted octanol–water partition coefficient (Wildman–Crippen LogP) is 4.12.